The van der Waals surface area contributed by atoms with Gasteiger partial charge in [-0.05, 0) is 24.3 Å². The van der Waals surface area contributed by atoms with Crippen LogP contribution in [0, 0.1) is 5.92 Å². The molecule has 4 nitrogen and oxygen atoms in total. The van der Waals surface area contributed by atoms with Crippen LogP contribution in [0.25, 0.3) is 0 Å². The van der Waals surface area contributed by atoms with Crippen LogP contribution in [-0.4, -0.2) is 47.5 Å². The SMILES string of the molecule is CN=C(NCCS(=O)Cc1ccccc1)N1CCC(C)CC1.I. The van der Waals surface area contributed by atoms with Crippen LogP contribution < -0.4 is 5.32 Å². The van der Waals surface area contributed by atoms with Gasteiger partial charge in [-0.1, -0.05) is 37.3 Å². The van der Waals surface area contributed by atoms with Gasteiger partial charge in [-0.2, -0.15) is 0 Å². The Balaban J connectivity index is 0.00000264. The zero-order chi connectivity index (χ0) is 15.8. The molecule has 1 heterocycles. The zero-order valence-electron chi connectivity index (χ0n) is 14.0. The number of aliphatic imine (C=N–C) groups is 1. The van der Waals surface area contributed by atoms with Gasteiger partial charge in [0, 0.05) is 49.0 Å². The molecule has 130 valence electrons. The number of piperidine rings is 1. The van der Waals surface area contributed by atoms with E-state index in [-0.39, 0.29) is 24.0 Å². The fraction of sp³-hybridized carbons (Fsp3) is 0.588. The normalized spacial score (nSPS) is 17.5. The first-order valence-corrected chi connectivity index (χ1v) is 9.52. The van der Waals surface area contributed by atoms with Gasteiger partial charge in [0.15, 0.2) is 5.96 Å². The van der Waals surface area contributed by atoms with Gasteiger partial charge in [0.1, 0.15) is 0 Å². The molecule has 2 rings (SSSR count). The van der Waals surface area contributed by atoms with E-state index in [0.29, 0.717) is 18.1 Å². The monoisotopic (exact) mass is 449 g/mol. The minimum absolute atomic E-state index is 0. The first kappa shape index (κ1) is 20.4. The van der Waals surface area contributed by atoms with E-state index in [1.54, 1.807) is 0 Å². The van der Waals surface area contributed by atoms with Gasteiger partial charge in [-0.15, -0.1) is 24.0 Å². The molecule has 6 heteroatoms. The Morgan fingerprint density at radius 2 is 1.96 bits per heavy atom. The molecule has 0 radical (unpaired) electrons. The molecule has 1 aliphatic rings. The molecule has 0 amide bonds. The van der Waals surface area contributed by atoms with Crippen LogP contribution in [0.1, 0.15) is 25.3 Å². The van der Waals surface area contributed by atoms with Crippen molar-refractivity contribution in [3.05, 3.63) is 35.9 Å². The minimum atomic E-state index is -0.836. The van der Waals surface area contributed by atoms with E-state index in [2.05, 4.69) is 22.1 Å². The Hall–Kier alpha value is -0.630. The highest BCUT2D eigenvalue weighted by Crippen LogP contribution is 2.15. The fourth-order valence-electron chi connectivity index (χ4n) is 2.66. The minimum Gasteiger partial charge on any atom is -0.355 e. The van der Waals surface area contributed by atoms with Crippen molar-refractivity contribution in [2.75, 3.05) is 32.4 Å². The van der Waals surface area contributed by atoms with Gasteiger partial charge in [-0.3, -0.25) is 9.20 Å². The van der Waals surface area contributed by atoms with Crippen LogP contribution in [-0.2, 0) is 16.6 Å². The maximum absolute atomic E-state index is 12.1. The number of likely N-dealkylation sites (tertiary alicyclic amines) is 1. The maximum Gasteiger partial charge on any atom is 0.193 e. The molecule has 0 spiro atoms. The summed E-state index contributed by atoms with van der Waals surface area (Å²) in [6, 6.07) is 10.0. The number of halogens is 1. The van der Waals surface area contributed by atoms with E-state index in [1.807, 2.05) is 37.4 Å². The molecule has 1 fully saturated rings. The molecule has 1 atom stereocenters. The molecule has 0 aromatic heterocycles. The zero-order valence-corrected chi connectivity index (χ0v) is 17.2. The summed E-state index contributed by atoms with van der Waals surface area (Å²) in [5, 5.41) is 3.35. The van der Waals surface area contributed by atoms with Crippen molar-refractivity contribution < 1.29 is 4.21 Å². The molecular weight excluding hydrogens is 421 g/mol. The molecule has 0 aliphatic carbocycles. The second kappa shape index (κ2) is 11.0. The van der Waals surface area contributed by atoms with Gasteiger partial charge < -0.3 is 10.2 Å². The van der Waals surface area contributed by atoms with Crippen molar-refractivity contribution in [2.45, 2.75) is 25.5 Å². The lowest BCUT2D eigenvalue weighted by atomic mass is 10.00. The van der Waals surface area contributed by atoms with E-state index in [4.69, 9.17) is 0 Å². The number of benzene rings is 1. The Labute approximate surface area is 159 Å². The van der Waals surface area contributed by atoms with Crippen molar-refractivity contribution in [2.24, 2.45) is 10.9 Å². The predicted molar refractivity (Wildman–Crippen MR) is 110 cm³/mol. The highest BCUT2D eigenvalue weighted by molar-refractivity contribution is 14.0. The quantitative estimate of drug-likeness (QED) is 0.427. The lowest BCUT2D eigenvalue weighted by Gasteiger charge is -2.32. The molecular formula is C17H28IN3OS. The average molecular weight is 449 g/mol. The van der Waals surface area contributed by atoms with E-state index in [9.17, 15) is 4.21 Å². The van der Waals surface area contributed by atoms with Gasteiger partial charge in [0.25, 0.3) is 0 Å². The Bertz CT molecular complexity index is 502. The first-order chi connectivity index (χ1) is 10.7. The van der Waals surface area contributed by atoms with Crippen molar-refractivity contribution in [3.63, 3.8) is 0 Å². The summed E-state index contributed by atoms with van der Waals surface area (Å²) >= 11 is 0. The Morgan fingerprint density at radius 1 is 1.30 bits per heavy atom. The van der Waals surface area contributed by atoms with Crippen molar-refractivity contribution >= 4 is 40.7 Å². The van der Waals surface area contributed by atoms with Crippen LogP contribution >= 0.6 is 24.0 Å². The molecule has 1 aromatic rings. The van der Waals surface area contributed by atoms with Crippen LogP contribution in [0.3, 0.4) is 0 Å². The summed E-state index contributed by atoms with van der Waals surface area (Å²) in [7, 11) is 0.985. The largest absolute Gasteiger partial charge is 0.355 e. The number of guanidine groups is 1. The Morgan fingerprint density at radius 3 is 2.57 bits per heavy atom. The number of nitrogens with one attached hydrogen (secondary N) is 1. The van der Waals surface area contributed by atoms with Crippen molar-refractivity contribution in [3.8, 4) is 0 Å². The third kappa shape index (κ3) is 7.20. The maximum atomic E-state index is 12.1. The van der Waals surface area contributed by atoms with E-state index in [0.717, 1.165) is 30.5 Å². The highest BCUT2D eigenvalue weighted by Gasteiger charge is 2.18. The third-order valence-electron chi connectivity index (χ3n) is 4.08. The van der Waals surface area contributed by atoms with Crippen molar-refractivity contribution in [1.29, 1.82) is 0 Å². The number of hydrogen-bond acceptors (Lipinski definition) is 2. The Kier molecular flexibility index (Phi) is 9.78. The van der Waals surface area contributed by atoms with Gasteiger partial charge in [-0.25, -0.2) is 0 Å². The smallest absolute Gasteiger partial charge is 0.193 e. The summed E-state index contributed by atoms with van der Waals surface area (Å²) in [5.74, 6) is 3.04. The molecule has 1 aromatic carbocycles. The fourth-order valence-corrected chi connectivity index (χ4v) is 3.70. The second-order valence-corrected chi connectivity index (χ2v) is 7.49. The van der Waals surface area contributed by atoms with Crippen LogP contribution in [0.5, 0.6) is 0 Å². The molecule has 23 heavy (non-hydrogen) atoms. The van der Waals surface area contributed by atoms with Gasteiger partial charge in [0.05, 0.1) is 0 Å². The summed E-state index contributed by atoms with van der Waals surface area (Å²) in [6.45, 7) is 5.14. The summed E-state index contributed by atoms with van der Waals surface area (Å²) in [5.41, 5.74) is 1.13. The topological polar surface area (TPSA) is 44.7 Å². The van der Waals surface area contributed by atoms with E-state index < -0.39 is 10.8 Å². The molecule has 0 bridgehead atoms. The standard InChI is InChI=1S/C17H27N3OS.HI/c1-15-8-11-20(12-9-15)17(18-2)19-10-13-22(21)14-16-6-4-3-5-7-16;/h3-7,15H,8-14H2,1-2H3,(H,18,19);1H. The number of rotatable bonds is 5. The van der Waals surface area contributed by atoms with Gasteiger partial charge >= 0.3 is 0 Å². The molecule has 1 saturated heterocycles. The number of hydrogen-bond donors (Lipinski definition) is 1. The summed E-state index contributed by atoms with van der Waals surface area (Å²) in [6.07, 6.45) is 2.45. The van der Waals surface area contributed by atoms with Crippen LogP contribution in [0.15, 0.2) is 35.3 Å². The molecule has 0 saturated carbocycles. The lowest BCUT2D eigenvalue weighted by Crippen LogP contribution is -2.46. The lowest BCUT2D eigenvalue weighted by molar-refractivity contribution is 0.274. The predicted octanol–water partition coefficient (Wildman–Crippen LogP) is 2.86. The molecule has 1 aliphatic heterocycles. The van der Waals surface area contributed by atoms with Crippen LogP contribution in [0.4, 0.5) is 0 Å². The average Bonchev–Trinajstić information content (AvgIpc) is 2.54. The summed E-state index contributed by atoms with van der Waals surface area (Å²) in [4.78, 5) is 6.66. The first-order valence-electron chi connectivity index (χ1n) is 8.03. The van der Waals surface area contributed by atoms with E-state index >= 15 is 0 Å². The highest BCUT2D eigenvalue weighted by atomic mass is 127. The molecule has 1 unspecified atom stereocenters. The summed E-state index contributed by atoms with van der Waals surface area (Å²) < 4.78 is 12.1. The number of nitrogens with zero attached hydrogens (tertiary/aromatic N) is 2. The van der Waals surface area contributed by atoms with Crippen molar-refractivity contribution in [1.82, 2.24) is 10.2 Å². The second-order valence-electron chi connectivity index (χ2n) is 5.92. The van der Waals surface area contributed by atoms with Crippen LogP contribution in [0.2, 0.25) is 0 Å². The molecule has 1 N–H and O–H groups in total. The van der Waals surface area contributed by atoms with E-state index in [1.165, 1.54) is 12.8 Å². The van der Waals surface area contributed by atoms with Gasteiger partial charge in [0.2, 0.25) is 0 Å². The third-order valence-corrected chi connectivity index (χ3v) is 5.39.